The van der Waals surface area contributed by atoms with Crippen molar-refractivity contribution in [3.63, 3.8) is 0 Å². The second-order valence-corrected chi connectivity index (χ2v) is 11.4. The minimum absolute atomic E-state index is 0.0513. The Kier molecular flexibility index (Phi) is 8.69. The van der Waals surface area contributed by atoms with Gasteiger partial charge in [-0.3, -0.25) is 4.72 Å². The maximum absolute atomic E-state index is 14.8. The lowest BCUT2D eigenvalue weighted by atomic mass is 10.0. The molecule has 0 fully saturated rings. The molecule has 0 saturated carbocycles. The molecule has 0 aliphatic carbocycles. The fourth-order valence-corrected chi connectivity index (χ4v) is 6.42. The molecule has 2 atom stereocenters. The van der Waals surface area contributed by atoms with Crippen molar-refractivity contribution >= 4 is 61.4 Å². The molecule has 3 aromatic rings. The van der Waals surface area contributed by atoms with Gasteiger partial charge < -0.3 is 0 Å². The molecule has 0 bridgehead atoms. The smallest absolute Gasteiger partial charge is 0.189 e. The van der Waals surface area contributed by atoms with Crippen molar-refractivity contribution in [1.29, 1.82) is 0 Å². The number of aromatic nitrogens is 1. The summed E-state index contributed by atoms with van der Waals surface area (Å²) in [4.78, 5) is 3.85. The van der Waals surface area contributed by atoms with Gasteiger partial charge in [0.15, 0.2) is 9.84 Å². The first kappa shape index (κ1) is 25.8. The van der Waals surface area contributed by atoms with Crippen molar-refractivity contribution < 1.29 is 21.4 Å². The SMILES string of the molecule is O=S(CCCCl)Nc1cc(C(c2cc(F)ccc2F)S(=O)(=O)c2ccc(Cl)cc2)c(Cl)cn1. The lowest BCUT2D eigenvalue weighted by molar-refractivity contribution is 0.569. The summed E-state index contributed by atoms with van der Waals surface area (Å²) in [7, 11) is -5.89. The van der Waals surface area contributed by atoms with Gasteiger partial charge >= 0.3 is 0 Å². The fraction of sp³-hybridized carbons (Fsp3) is 0.190. The highest BCUT2D eigenvalue weighted by Gasteiger charge is 2.35. The third-order valence-electron chi connectivity index (χ3n) is 4.54. The van der Waals surface area contributed by atoms with E-state index in [1.165, 1.54) is 30.3 Å². The van der Waals surface area contributed by atoms with Gasteiger partial charge in [-0.2, -0.15) is 0 Å². The predicted molar refractivity (Wildman–Crippen MR) is 128 cm³/mol. The molecule has 0 aliphatic rings. The highest BCUT2D eigenvalue weighted by atomic mass is 35.5. The van der Waals surface area contributed by atoms with Crippen molar-refractivity contribution in [3.8, 4) is 0 Å². The summed E-state index contributed by atoms with van der Waals surface area (Å²) in [5.41, 5.74) is -0.504. The van der Waals surface area contributed by atoms with Gasteiger partial charge in [-0.15, -0.1) is 11.6 Å². The number of sulfone groups is 1. The maximum atomic E-state index is 14.8. The average molecular weight is 554 g/mol. The first-order chi connectivity index (χ1) is 15.6. The van der Waals surface area contributed by atoms with E-state index in [1.54, 1.807) is 0 Å². The summed E-state index contributed by atoms with van der Waals surface area (Å²) in [5.74, 6) is -1.17. The van der Waals surface area contributed by atoms with E-state index in [0.717, 1.165) is 24.4 Å². The molecule has 1 aromatic heterocycles. The summed E-state index contributed by atoms with van der Waals surface area (Å²) >= 11 is 17.8. The monoisotopic (exact) mass is 552 g/mol. The van der Waals surface area contributed by atoms with Gasteiger partial charge in [0.1, 0.15) is 33.7 Å². The van der Waals surface area contributed by atoms with Crippen LogP contribution in [-0.2, 0) is 20.8 Å². The number of hydrogen-bond acceptors (Lipinski definition) is 4. The summed E-state index contributed by atoms with van der Waals surface area (Å²) in [6.07, 6.45) is 1.63. The zero-order valence-electron chi connectivity index (χ0n) is 16.8. The third-order valence-corrected chi connectivity index (χ3v) is 8.53. The van der Waals surface area contributed by atoms with Crippen LogP contribution in [0.2, 0.25) is 10.0 Å². The maximum Gasteiger partial charge on any atom is 0.189 e. The van der Waals surface area contributed by atoms with Gasteiger partial charge in [-0.05, 0) is 60.5 Å². The second kappa shape index (κ2) is 11.1. The summed E-state index contributed by atoms with van der Waals surface area (Å²) in [5, 5.41) is -1.52. The van der Waals surface area contributed by atoms with E-state index in [0.29, 0.717) is 17.3 Å². The van der Waals surface area contributed by atoms with E-state index >= 15 is 0 Å². The summed E-state index contributed by atoms with van der Waals surface area (Å²) in [6.45, 7) is 0. The van der Waals surface area contributed by atoms with Gasteiger partial charge in [0.05, 0.1) is 9.92 Å². The van der Waals surface area contributed by atoms with Gasteiger partial charge in [-0.1, -0.05) is 23.2 Å². The van der Waals surface area contributed by atoms with Crippen molar-refractivity contribution in [2.24, 2.45) is 0 Å². The van der Waals surface area contributed by atoms with Crippen LogP contribution in [0, 0.1) is 11.6 Å². The van der Waals surface area contributed by atoms with Gasteiger partial charge in [-0.25, -0.2) is 26.4 Å². The van der Waals surface area contributed by atoms with Crippen molar-refractivity contribution in [3.05, 3.63) is 87.5 Å². The van der Waals surface area contributed by atoms with Crippen molar-refractivity contribution in [1.82, 2.24) is 4.98 Å². The molecule has 2 unspecified atom stereocenters. The molecule has 0 amide bonds. The Morgan fingerprint density at radius 1 is 1.03 bits per heavy atom. The Bertz CT molecular complexity index is 1280. The van der Waals surface area contributed by atoms with Gasteiger partial charge in [0, 0.05) is 28.4 Å². The summed E-state index contributed by atoms with van der Waals surface area (Å²) in [6, 6.07) is 9.04. The number of nitrogens with one attached hydrogen (secondary N) is 1. The minimum atomic E-state index is -4.34. The number of hydrogen-bond donors (Lipinski definition) is 1. The van der Waals surface area contributed by atoms with Crippen LogP contribution in [0.25, 0.3) is 0 Å². The van der Waals surface area contributed by atoms with Gasteiger partial charge in [0.2, 0.25) is 0 Å². The van der Waals surface area contributed by atoms with Crippen LogP contribution in [-0.4, -0.2) is 29.2 Å². The number of alkyl halides is 1. The third kappa shape index (κ3) is 6.22. The highest BCUT2D eigenvalue weighted by Crippen LogP contribution is 2.40. The molecule has 0 radical (unpaired) electrons. The van der Waals surface area contributed by atoms with E-state index in [2.05, 4.69) is 9.71 Å². The molecule has 33 heavy (non-hydrogen) atoms. The molecule has 5 nitrogen and oxygen atoms in total. The van der Waals surface area contributed by atoms with E-state index < -0.39 is 43.3 Å². The molecule has 0 saturated heterocycles. The largest absolute Gasteiger partial charge is 0.289 e. The predicted octanol–water partition coefficient (Wildman–Crippen LogP) is 5.93. The Balaban J connectivity index is 2.18. The van der Waals surface area contributed by atoms with E-state index in [4.69, 9.17) is 34.8 Å². The average Bonchev–Trinajstić information content (AvgIpc) is 2.77. The number of pyridine rings is 1. The molecule has 0 aliphatic heterocycles. The van der Waals surface area contributed by atoms with Crippen molar-refractivity contribution in [2.75, 3.05) is 16.4 Å². The Hall–Kier alpha value is -1.78. The number of anilines is 1. The zero-order chi connectivity index (χ0) is 24.2. The zero-order valence-corrected chi connectivity index (χ0v) is 20.7. The lowest BCUT2D eigenvalue weighted by Gasteiger charge is -2.21. The van der Waals surface area contributed by atoms with Crippen LogP contribution in [0.15, 0.2) is 59.6 Å². The first-order valence-electron chi connectivity index (χ1n) is 9.44. The van der Waals surface area contributed by atoms with E-state index in [1.807, 2.05) is 0 Å². The number of benzene rings is 2. The highest BCUT2D eigenvalue weighted by molar-refractivity contribution is 7.92. The number of halogens is 5. The second-order valence-electron chi connectivity index (χ2n) is 6.83. The fourth-order valence-electron chi connectivity index (χ4n) is 3.04. The Morgan fingerprint density at radius 3 is 2.39 bits per heavy atom. The van der Waals surface area contributed by atoms with E-state index in [-0.39, 0.29) is 27.1 Å². The molecule has 12 heteroatoms. The molecular formula is C21H17Cl3F2N2O3S2. The molecular weight excluding hydrogens is 537 g/mol. The topological polar surface area (TPSA) is 76.1 Å². The number of nitrogens with zero attached hydrogens (tertiary/aromatic N) is 1. The molecule has 2 aromatic carbocycles. The van der Waals surface area contributed by atoms with E-state index in [9.17, 15) is 21.4 Å². The van der Waals surface area contributed by atoms with Crippen LogP contribution in [0.5, 0.6) is 0 Å². The van der Waals surface area contributed by atoms with Crippen molar-refractivity contribution in [2.45, 2.75) is 16.6 Å². The molecule has 1 heterocycles. The minimum Gasteiger partial charge on any atom is -0.289 e. The van der Waals surface area contributed by atoms with Crippen LogP contribution in [0.3, 0.4) is 0 Å². The lowest BCUT2D eigenvalue weighted by Crippen LogP contribution is -2.18. The summed E-state index contributed by atoms with van der Waals surface area (Å²) < 4.78 is 70.9. The molecule has 1 N–H and O–H groups in total. The van der Waals surface area contributed by atoms with Crippen LogP contribution < -0.4 is 4.72 Å². The Labute approximate surface area is 207 Å². The molecule has 3 rings (SSSR count). The first-order valence-corrected chi connectivity index (χ1v) is 13.6. The number of rotatable bonds is 9. The van der Waals surface area contributed by atoms with Crippen LogP contribution in [0.1, 0.15) is 22.8 Å². The Morgan fingerprint density at radius 2 is 1.73 bits per heavy atom. The molecule has 176 valence electrons. The van der Waals surface area contributed by atoms with Crippen LogP contribution >= 0.6 is 34.8 Å². The van der Waals surface area contributed by atoms with Crippen LogP contribution in [0.4, 0.5) is 14.6 Å². The molecule has 0 spiro atoms. The standard InChI is InChI=1S/C21H17Cl3F2N2O3S2/c22-8-1-9-32(29)28-20-11-16(18(24)12-27-20)21(17-10-14(25)4-7-19(17)26)33(30,31)15-5-2-13(23)3-6-15/h2-7,10-12,21H,1,8-9H2,(H,27,28). The van der Waals surface area contributed by atoms with Gasteiger partial charge in [0.25, 0.3) is 0 Å². The normalized spacial score (nSPS) is 13.5. The quantitative estimate of drug-likeness (QED) is 0.333.